The third-order valence-corrected chi connectivity index (χ3v) is 13.9. The molecule has 0 aliphatic heterocycles. The smallest absolute Gasteiger partial charge is 0.0726 e. The van der Waals surface area contributed by atoms with Gasteiger partial charge in [-0.2, -0.15) is 0 Å². The Labute approximate surface area is 329 Å². The van der Waals surface area contributed by atoms with Crippen LogP contribution >= 0.6 is 0 Å². The fourth-order valence-electron chi connectivity index (χ4n) is 11.4. The Morgan fingerprint density at radius 1 is 0.304 bits per heavy atom. The molecular weight excluding hydrogens is 675 g/mol. The molecular formula is C55H41N. The van der Waals surface area contributed by atoms with Crippen molar-refractivity contribution in [1.82, 2.24) is 0 Å². The Kier molecular flexibility index (Phi) is 6.18. The highest BCUT2D eigenvalue weighted by atomic mass is 15.1. The van der Waals surface area contributed by atoms with E-state index in [2.05, 4.69) is 209 Å². The summed E-state index contributed by atoms with van der Waals surface area (Å²) in [5.41, 5.74) is 24.5. The zero-order chi connectivity index (χ0) is 37.6. The van der Waals surface area contributed by atoms with Gasteiger partial charge in [0.25, 0.3) is 0 Å². The molecule has 0 radical (unpaired) electrons. The molecule has 0 unspecified atom stereocenters. The predicted molar refractivity (Wildman–Crippen MR) is 233 cm³/mol. The van der Waals surface area contributed by atoms with Crippen molar-refractivity contribution in [3.63, 3.8) is 0 Å². The van der Waals surface area contributed by atoms with E-state index in [0.717, 1.165) is 0 Å². The number of fused-ring (bicyclic) bond motifs is 16. The van der Waals surface area contributed by atoms with Crippen molar-refractivity contribution < 1.29 is 0 Å². The van der Waals surface area contributed by atoms with Crippen LogP contribution in [0.5, 0.6) is 0 Å². The van der Waals surface area contributed by atoms with E-state index >= 15 is 0 Å². The number of anilines is 3. The Morgan fingerprint density at radius 3 is 1.14 bits per heavy atom. The van der Waals surface area contributed by atoms with E-state index in [1.165, 1.54) is 106 Å². The van der Waals surface area contributed by atoms with Crippen molar-refractivity contribution in [2.24, 2.45) is 0 Å². The zero-order valence-electron chi connectivity index (χ0n) is 32.2. The summed E-state index contributed by atoms with van der Waals surface area (Å²) < 4.78 is 0. The standard InChI is InChI=1S/C55H41N/c1-53(2)43-21-10-5-18-38(43)41-32-34(28-30-45(41)53)56(35-29-31-46-42(33-35)39-19-6-11-22-44(39)54(46,3)4)51-27-15-26-50-52(51)40-20-9-14-25-49(40)55(50)47-23-12-7-16-36(47)37-17-8-13-24-48(37)55/h5-33H,1-4H3. The lowest BCUT2D eigenvalue weighted by Gasteiger charge is -2.32. The van der Waals surface area contributed by atoms with Gasteiger partial charge in [0.15, 0.2) is 0 Å². The van der Waals surface area contributed by atoms with Crippen molar-refractivity contribution in [3.05, 3.63) is 220 Å². The Bertz CT molecular complexity index is 2840. The SMILES string of the molecule is CC1(C)c2ccccc2-c2cc(N(c3ccc4c(c3)-c3ccccc3C4(C)C)c3cccc4c3-c3ccccc3C43c4ccccc4-c4ccccc43)ccc21. The fourth-order valence-corrected chi connectivity index (χ4v) is 11.4. The average Bonchev–Trinajstić information content (AvgIpc) is 3.87. The van der Waals surface area contributed by atoms with Crippen LogP contribution in [0.25, 0.3) is 44.5 Å². The van der Waals surface area contributed by atoms with Crippen LogP contribution < -0.4 is 4.90 Å². The zero-order valence-corrected chi connectivity index (χ0v) is 32.2. The van der Waals surface area contributed by atoms with Gasteiger partial charge in [-0.15, -0.1) is 0 Å². The Balaban J connectivity index is 1.16. The molecule has 0 amide bonds. The van der Waals surface area contributed by atoms with Gasteiger partial charge in [-0.1, -0.05) is 173 Å². The largest absolute Gasteiger partial charge is 0.310 e. The summed E-state index contributed by atoms with van der Waals surface area (Å²) in [6.07, 6.45) is 0. The normalized spacial score (nSPS) is 15.9. The van der Waals surface area contributed by atoms with Gasteiger partial charge in [-0.05, 0) is 114 Å². The summed E-state index contributed by atoms with van der Waals surface area (Å²) in [7, 11) is 0. The summed E-state index contributed by atoms with van der Waals surface area (Å²) in [6, 6.07) is 66.8. The summed E-state index contributed by atoms with van der Waals surface area (Å²) in [5.74, 6) is 0. The van der Waals surface area contributed by atoms with Crippen molar-refractivity contribution in [2.45, 2.75) is 43.9 Å². The molecule has 0 fully saturated rings. The van der Waals surface area contributed by atoms with Gasteiger partial charge < -0.3 is 4.90 Å². The van der Waals surface area contributed by atoms with E-state index in [1.54, 1.807) is 0 Å². The third-order valence-electron chi connectivity index (χ3n) is 13.9. The predicted octanol–water partition coefficient (Wildman–Crippen LogP) is 14.1. The lowest BCUT2D eigenvalue weighted by Crippen LogP contribution is -2.26. The molecule has 1 nitrogen and oxygen atoms in total. The van der Waals surface area contributed by atoms with Crippen LogP contribution in [-0.2, 0) is 16.2 Å². The van der Waals surface area contributed by atoms with Gasteiger partial charge in [0.05, 0.1) is 11.1 Å². The summed E-state index contributed by atoms with van der Waals surface area (Å²) in [4.78, 5) is 2.56. The minimum atomic E-state index is -0.414. The molecule has 8 aromatic rings. The number of benzene rings is 8. The number of nitrogens with zero attached hydrogens (tertiary/aromatic N) is 1. The van der Waals surface area contributed by atoms with Crippen LogP contribution in [0.2, 0.25) is 0 Å². The van der Waals surface area contributed by atoms with Crippen molar-refractivity contribution in [1.29, 1.82) is 0 Å². The fraction of sp³-hybridized carbons (Fsp3) is 0.127. The van der Waals surface area contributed by atoms with Gasteiger partial charge in [0, 0.05) is 27.8 Å². The molecule has 0 atom stereocenters. The highest BCUT2D eigenvalue weighted by molar-refractivity contribution is 6.02. The van der Waals surface area contributed by atoms with E-state index in [1.807, 2.05) is 0 Å². The first-order valence-electron chi connectivity index (χ1n) is 20.0. The molecule has 12 rings (SSSR count). The minimum absolute atomic E-state index is 0.0687. The lowest BCUT2D eigenvalue weighted by molar-refractivity contribution is 0.660. The molecule has 0 aromatic heterocycles. The third kappa shape index (κ3) is 3.81. The highest BCUT2D eigenvalue weighted by Gasteiger charge is 2.52. The topological polar surface area (TPSA) is 3.24 Å². The molecule has 0 heterocycles. The van der Waals surface area contributed by atoms with Crippen LogP contribution in [0.3, 0.4) is 0 Å². The highest BCUT2D eigenvalue weighted by Crippen LogP contribution is 2.65. The second kappa shape index (κ2) is 10.9. The van der Waals surface area contributed by atoms with Crippen LogP contribution in [0.4, 0.5) is 17.1 Å². The monoisotopic (exact) mass is 715 g/mol. The van der Waals surface area contributed by atoms with Crippen LogP contribution in [-0.4, -0.2) is 0 Å². The number of rotatable bonds is 3. The summed E-state index contributed by atoms with van der Waals surface area (Å²) in [5, 5.41) is 0. The minimum Gasteiger partial charge on any atom is -0.310 e. The van der Waals surface area contributed by atoms with Crippen molar-refractivity contribution in [3.8, 4) is 44.5 Å². The average molecular weight is 716 g/mol. The molecule has 4 aliphatic carbocycles. The quantitative estimate of drug-likeness (QED) is 0.176. The first-order chi connectivity index (χ1) is 27.3. The molecule has 56 heavy (non-hydrogen) atoms. The van der Waals surface area contributed by atoms with E-state index in [4.69, 9.17) is 0 Å². The maximum Gasteiger partial charge on any atom is 0.0726 e. The second-order valence-electron chi connectivity index (χ2n) is 17.2. The van der Waals surface area contributed by atoms with Gasteiger partial charge in [0.2, 0.25) is 0 Å². The lowest BCUT2D eigenvalue weighted by atomic mass is 9.70. The Morgan fingerprint density at radius 2 is 0.661 bits per heavy atom. The maximum absolute atomic E-state index is 2.56. The molecule has 0 N–H and O–H groups in total. The molecule has 0 saturated carbocycles. The summed E-state index contributed by atoms with van der Waals surface area (Å²) in [6.45, 7) is 9.47. The number of hydrogen-bond donors (Lipinski definition) is 0. The van der Waals surface area contributed by atoms with Crippen LogP contribution in [0, 0.1) is 0 Å². The van der Waals surface area contributed by atoms with Gasteiger partial charge in [-0.25, -0.2) is 0 Å². The van der Waals surface area contributed by atoms with E-state index in [9.17, 15) is 0 Å². The molecule has 266 valence electrons. The maximum atomic E-state index is 2.56. The molecule has 1 spiro atoms. The Hall–Kier alpha value is -6.44. The first-order valence-corrected chi connectivity index (χ1v) is 20.0. The number of hydrogen-bond acceptors (Lipinski definition) is 1. The summed E-state index contributed by atoms with van der Waals surface area (Å²) >= 11 is 0. The molecule has 0 bridgehead atoms. The molecule has 8 aromatic carbocycles. The first kappa shape index (κ1) is 31.9. The molecule has 1 heteroatoms. The van der Waals surface area contributed by atoms with Gasteiger partial charge in [0.1, 0.15) is 0 Å². The van der Waals surface area contributed by atoms with E-state index in [0.29, 0.717) is 0 Å². The van der Waals surface area contributed by atoms with Crippen LogP contribution in [0.1, 0.15) is 72.2 Å². The second-order valence-corrected chi connectivity index (χ2v) is 17.2. The van der Waals surface area contributed by atoms with Crippen molar-refractivity contribution in [2.75, 3.05) is 4.90 Å². The van der Waals surface area contributed by atoms with Gasteiger partial charge in [-0.3, -0.25) is 0 Å². The van der Waals surface area contributed by atoms with Crippen molar-refractivity contribution >= 4 is 17.1 Å². The molecule has 0 saturated heterocycles. The van der Waals surface area contributed by atoms with E-state index < -0.39 is 5.41 Å². The van der Waals surface area contributed by atoms with E-state index in [-0.39, 0.29) is 10.8 Å². The molecule has 4 aliphatic rings. The van der Waals surface area contributed by atoms with Crippen LogP contribution in [0.15, 0.2) is 176 Å². The van der Waals surface area contributed by atoms with Gasteiger partial charge >= 0.3 is 0 Å².